The number of hydrogen-bond acceptors (Lipinski definition) is 1. The fraction of sp³-hybridized carbons (Fsp3) is 0.538. The molecule has 2 aromatic rings. The van der Waals surface area contributed by atoms with Crippen molar-refractivity contribution in [1.82, 2.24) is 4.90 Å². The Hall–Kier alpha value is -1.02. The van der Waals surface area contributed by atoms with Crippen molar-refractivity contribution < 1.29 is 0 Å². The molecular formula is C26H35Cl2N. The molecule has 1 nitrogen and oxygen atoms in total. The molecule has 2 aromatic carbocycles. The van der Waals surface area contributed by atoms with Gasteiger partial charge in [-0.05, 0) is 68.3 Å². The molecule has 1 saturated carbocycles. The third-order valence-corrected chi connectivity index (χ3v) is 7.12. The van der Waals surface area contributed by atoms with Gasteiger partial charge in [-0.2, -0.15) is 0 Å². The van der Waals surface area contributed by atoms with Gasteiger partial charge in [-0.3, -0.25) is 0 Å². The summed E-state index contributed by atoms with van der Waals surface area (Å²) in [5.41, 5.74) is 4.16. The van der Waals surface area contributed by atoms with Gasteiger partial charge >= 0.3 is 0 Å². The molecule has 0 heterocycles. The molecule has 0 spiro atoms. The summed E-state index contributed by atoms with van der Waals surface area (Å²) >= 11 is 13.2. The smallest absolute Gasteiger partial charge is 0.0418 e. The van der Waals surface area contributed by atoms with E-state index in [2.05, 4.69) is 66.4 Å². The van der Waals surface area contributed by atoms with E-state index in [4.69, 9.17) is 23.2 Å². The predicted octanol–water partition coefficient (Wildman–Crippen LogP) is 7.06. The van der Waals surface area contributed by atoms with E-state index < -0.39 is 0 Å². The Morgan fingerprint density at radius 2 is 1.45 bits per heavy atom. The van der Waals surface area contributed by atoms with Crippen molar-refractivity contribution >= 4 is 23.2 Å². The lowest BCUT2D eigenvalue weighted by Gasteiger charge is -2.32. The minimum atomic E-state index is 0.171. The van der Waals surface area contributed by atoms with Crippen LogP contribution in [0, 0.1) is 0 Å². The molecule has 0 bridgehead atoms. The SMILES string of the molecule is CCCN(CCCc1ccc(C2C(Cl)CCCC2Cl)cc1)CCc1ccccc1. The van der Waals surface area contributed by atoms with Gasteiger partial charge in [0.15, 0.2) is 0 Å². The fourth-order valence-corrected chi connectivity index (χ4v) is 5.53. The summed E-state index contributed by atoms with van der Waals surface area (Å²) in [5, 5.41) is 0.341. The van der Waals surface area contributed by atoms with Crippen LogP contribution in [0.4, 0.5) is 0 Å². The highest BCUT2D eigenvalue weighted by molar-refractivity contribution is 6.24. The van der Waals surface area contributed by atoms with Crippen LogP contribution in [-0.2, 0) is 12.8 Å². The van der Waals surface area contributed by atoms with Gasteiger partial charge in [-0.15, -0.1) is 23.2 Å². The van der Waals surface area contributed by atoms with Crippen LogP contribution in [0.15, 0.2) is 54.6 Å². The molecule has 1 aliphatic carbocycles. The van der Waals surface area contributed by atoms with Crippen LogP contribution in [0.3, 0.4) is 0 Å². The first-order valence-corrected chi connectivity index (χ1v) is 12.2. The molecule has 2 unspecified atom stereocenters. The molecule has 29 heavy (non-hydrogen) atoms. The minimum Gasteiger partial charge on any atom is -0.303 e. The largest absolute Gasteiger partial charge is 0.303 e. The lowest BCUT2D eigenvalue weighted by Crippen LogP contribution is -2.28. The Labute approximate surface area is 187 Å². The highest BCUT2D eigenvalue weighted by Crippen LogP contribution is 2.39. The average Bonchev–Trinajstić information content (AvgIpc) is 2.74. The molecule has 1 fully saturated rings. The maximum absolute atomic E-state index is 6.58. The third kappa shape index (κ3) is 7.02. The molecule has 0 N–H and O–H groups in total. The van der Waals surface area contributed by atoms with E-state index in [1.165, 1.54) is 42.6 Å². The van der Waals surface area contributed by atoms with Gasteiger partial charge in [-0.1, -0.05) is 67.9 Å². The van der Waals surface area contributed by atoms with Crippen molar-refractivity contribution in [2.24, 2.45) is 0 Å². The van der Waals surface area contributed by atoms with Crippen molar-refractivity contribution in [2.75, 3.05) is 19.6 Å². The molecule has 0 aromatic heterocycles. The quantitative estimate of drug-likeness (QED) is 0.364. The molecule has 0 amide bonds. The first-order valence-electron chi connectivity index (χ1n) is 11.3. The van der Waals surface area contributed by atoms with Gasteiger partial charge < -0.3 is 4.90 Å². The molecule has 2 atom stereocenters. The Balaban J connectivity index is 1.47. The highest BCUT2D eigenvalue weighted by Gasteiger charge is 2.31. The van der Waals surface area contributed by atoms with E-state index in [1.54, 1.807) is 0 Å². The summed E-state index contributed by atoms with van der Waals surface area (Å²) < 4.78 is 0. The maximum Gasteiger partial charge on any atom is 0.0418 e. The highest BCUT2D eigenvalue weighted by atomic mass is 35.5. The Bertz CT molecular complexity index is 690. The maximum atomic E-state index is 6.58. The second-order valence-corrected chi connectivity index (χ2v) is 9.53. The lowest BCUT2D eigenvalue weighted by atomic mass is 9.83. The van der Waals surface area contributed by atoms with E-state index in [0.717, 1.165) is 38.6 Å². The number of nitrogens with zero attached hydrogens (tertiary/aromatic N) is 1. The van der Waals surface area contributed by atoms with Crippen molar-refractivity contribution in [3.63, 3.8) is 0 Å². The molecule has 1 aliphatic rings. The zero-order chi connectivity index (χ0) is 20.5. The topological polar surface area (TPSA) is 3.24 Å². The van der Waals surface area contributed by atoms with Crippen LogP contribution in [0.2, 0.25) is 0 Å². The Morgan fingerprint density at radius 3 is 2.10 bits per heavy atom. The third-order valence-electron chi connectivity index (χ3n) is 6.14. The number of hydrogen-bond donors (Lipinski definition) is 0. The van der Waals surface area contributed by atoms with Crippen LogP contribution >= 0.6 is 23.2 Å². The lowest BCUT2D eigenvalue weighted by molar-refractivity contribution is 0.274. The molecule has 3 heteroatoms. The average molecular weight is 432 g/mol. The van der Waals surface area contributed by atoms with Crippen LogP contribution in [0.5, 0.6) is 0 Å². The summed E-state index contributed by atoms with van der Waals surface area (Å²) in [6, 6.07) is 19.9. The fourth-order valence-electron chi connectivity index (χ4n) is 4.51. The van der Waals surface area contributed by atoms with Gasteiger partial charge in [0.2, 0.25) is 0 Å². The molecular weight excluding hydrogens is 397 g/mol. The summed E-state index contributed by atoms with van der Waals surface area (Å²) in [7, 11) is 0. The molecule has 0 radical (unpaired) electrons. The first-order chi connectivity index (χ1) is 14.2. The van der Waals surface area contributed by atoms with E-state index in [0.29, 0.717) is 5.92 Å². The molecule has 158 valence electrons. The summed E-state index contributed by atoms with van der Waals surface area (Å²) in [6.45, 7) is 5.76. The van der Waals surface area contributed by atoms with Crippen molar-refractivity contribution in [1.29, 1.82) is 0 Å². The van der Waals surface area contributed by atoms with Gasteiger partial charge in [0.25, 0.3) is 0 Å². The Kier molecular flexibility index (Phi) is 9.36. The van der Waals surface area contributed by atoms with Crippen LogP contribution in [0.25, 0.3) is 0 Å². The second-order valence-electron chi connectivity index (χ2n) is 8.41. The number of aryl methyl sites for hydroxylation is 1. The summed E-state index contributed by atoms with van der Waals surface area (Å²) in [6.07, 6.45) is 7.98. The van der Waals surface area contributed by atoms with E-state index in [9.17, 15) is 0 Å². The Morgan fingerprint density at radius 1 is 0.793 bits per heavy atom. The monoisotopic (exact) mass is 431 g/mol. The molecule has 0 aliphatic heterocycles. The zero-order valence-electron chi connectivity index (χ0n) is 17.7. The zero-order valence-corrected chi connectivity index (χ0v) is 19.2. The summed E-state index contributed by atoms with van der Waals surface area (Å²) in [4.78, 5) is 2.61. The van der Waals surface area contributed by atoms with Crippen molar-refractivity contribution in [2.45, 2.75) is 68.5 Å². The number of rotatable bonds is 10. The van der Waals surface area contributed by atoms with Crippen LogP contribution < -0.4 is 0 Å². The van der Waals surface area contributed by atoms with Crippen LogP contribution in [0.1, 0.15) is 61.6 Å². The van der Waals surface area contributed by atoms with Gasteiger partial charge in [0.05, 0.1) is 0 Å². The predicted molar refractivity (Wildman–Crippen MR) is 128 cm³/mol. The standard InChI is InChI=1S/C26H35Cl2N/c1-2-18-29(20-17-21-8-4-3-5-9-21)19-7-10-22-13-15-23(16-14-22)26-24(27)11-6-12-25(26)28/h3-5,8-9,13-16,24-26H,2,6-7,10-12,17-20H2,1H3. The van der Waals surface area contributed by atoms with Crippen molar-refractivity contribution in [3.05, 3.63) is 71.3 Å². The van der Waals surface area contributed by atoms with E-state index >= 15 is 0 Å². The number of alkyl halides is 2. The summed E-state index contributed by atoms with van der Waals surface area (Å²) in [5.74, 6) is 0.291. The van der Waals surface area contributed by atoms with Crippen LogP contribution in [-0.4, -0.2) is 35.3 Å². The van der Waals surface area contributed by atoms with Crippen molar-refractivity contribution in [3.8, 4) is 0 Å². The van der Waals surface area contributed by atoms with E-state index in [-0.39, 0.29) is 10.8 Å². The number of benzene rings is 2. The van der Waals surface area contributed by atoms with Gasteiger partial charge in [0.1, 0.15) is 0 Å². The normalized spacial score (nSPS) is 22.1. The molecule has 3 rings (SSSR count). The first kappa shape index (κ1) is 22.7. The number of halogens is 2. The van der Waals surface area contributed by atoms with E-state index in [1.807, 2.05) is 0 Å². The minimum absolute atomic E-state index is 0.171. The van der Waals surface area contributed by atoms with Gasteiger partial charge in [0, 0.05) is 23.2 Å². The molecule has 0 saturated heterocycles. The second kappa shape index (κ2) is 12.0. The van der Waals surface area contributed by atoms with Gasteiger partial charge in [-0.25, -0.2) is 0 Å².